The van der Waals surface area contributed by atoms with E-state index >= 15 is 0 Å². The molecule has 0 bridgehead atoms. The van der Waals surface area contributed by atoms with E-state index in [2.05, 4.69) is 34.3 Å². The van der Waals surface area contributed by atoms with Gasteiger partial charge < -0.3 is 15.0 Å². The summed E-state index contributed by atoms with van der Waals surface area (Å²) >= 11 is 0. The van der Waals surface area contributed by atoms with Crippen LogP contribution in [0.25, 0.3) is 0 Å². The van der Waals surface area contributed by atoms with Crippen LogP contribution in [0.15, 0.2) is 18.3 Å². The Morgan fingerprint density at radius 2 is 2.28 bits per heavy atom. The van der Waals surface area contributed by atoms with Crippen molar-refractivity contribution in [3.05, 3.63) is 23.9 Å². The van der Waals surface area contributed by atoms with Gasteiger partial charge in [0.25, 0.3) is 0 Å². The van der Waals surface area contributed by atoms with Crippen LogP contribution in [0.1, 0.15) is 25.3 Å². The molecular formula is C14H23N3O. The van der Waals surface area contributed by atoms with Crippen molar-refractivity contribution in [3.8, 4) is 0 Å². The molecule has 0 aliphatic heterocycles. The van der Waals surface area contributed by atoms with Gasteiger partial charge in [-0.3, -0.25) is 0 Å². The number of nitrogens with one attached hydrogen (secondary N) is 1. The predicted molar refractivity (Wildman–Crippen MR) is 73.9 cm³/mol. The van der Waals surface area contributed by atoms with Gasteiger partial charge in [-0.05, 0) is 31.0 Å². The summed E-state index contributed by atoms with van der Waals surface area (Å²) in [7, 11) is 1.75. The first kappa shape index (κ1) is 13.3. The number of pyridine rings is 1. The van der Waals surface area contributed by atoms with Gasteiger partial charge in [0, 0.05) is 32.4 Å². The van der Waals surface area contributed by atoms with E-state index in [9.17, 15) is 0 Å². The maximum Gasteiger partial charge on any atom is 0.128 e. The first-order valence-corrected chi connectivity index (χ1v) is 6.76. The summed E-state index contributed by atoms with van der Waals surface area (Å²) in [4.78, 5) is 6.94. The second-order valence-electron chi connectivity index (χ2n) is 4.72. The van der Waals surface area contributed by atoms with Crippen molar-refractivity contribution < 1.29 is 4.74 Å². The zero-order chi connectivity index (χ0) is 12.8. The van der Waals surface area contributed by atoms with Crippen molar-refractivity contribution in [3.63, 3.8) is 0 Å². The van der Waals surface area contributed by atoms with E-state index < -0.39 is 0 Å². The van der Waals surface area contributed by atoms with Crippen molar-refractivity contribution >= 4 is 5.82 Å². The molecule has 1 aromatic rings. The number of methoxy groups -OCH3 is 1. The second kappa shape index (κ2) is 6.71. The highest BCUT2D eigenvalue weighted by molar-refractivity contribution is 5.42. The number of anilines is 1. The third kappa shape index (κ3) is 3.68. The summed E-state index contributed by atoms with van der Waals surface area (Å²) in [6.07, 6.45) is 4.54. The molecule has 2 rings (SSSR count). The lowest BCUT2D eigenvalue weighted by atomic mass is 10.2. The molecule has 0 aromatic carbocycles. The van der Waals surface area contributed by atoms with Crippen LogP contribution in [0.3, 0.4) is 0 Å². The number of hydrogen-bond acceptors (Lipinski definition) is 4. The molecule has 1 N–H and O–H groups in total. The van der Waals surface area contributed by atoms with Gasteiger partial charge in [-0.2, -0.15) is 0 Å². The summed E-state index contributed by atoms with van der Waals surface area (Å²) < 4.78 is 5.17. The van der Waals surface area contributed by atoms with Crippen LogP contribution in [-0.4, -0.2) is 37.8 Å². The van der Waals surface area contributed by atoms with Crippen molar-refractivity contribution in [2.24, 2.45) is 0 Å². The van der Waals surface area contributed by atoms with E-state index in [4.69, 9.17) is 4.74 Å². The summed E-state index contributed by atoms with van der Waals surface area (Å²) in [5.41, 5.74) is 1.24. The zero-order valence-electron chi connectivity index (χ0n) is 11.4. The topological polar surface area (TPSA) is 37.4 Å². The lowest BCUT2D eigenvalue weighted by Gasteiger charge is -2.23. The Morgan fingerprint density at radius 3 is 2.83 bits per heavy atom. The van der Waals surface area contributed by atoms with E-state index in [1.807, 2.05) is 6.20 Å². The Hall–Kier alpha value is -1.13. The van der Waals surface area contributed by atoms with E-state index in [0.29, 0.717) is 6.04 Å². The minimum atomic E-state index is 0.673. The van der Waals surface area contributed by atoms with Gasteiger partial charge in [0.15, 0.2) is 0 Å². The van der Waals surface area contributed by atoms with Crippen LogP contribution in [0.5, 0.6) is 0 Å². The molecule has 1 saturated carbocycles. The standard InChI is InChI=1S/C14H23N3O/c1-3-15-10-12-4-7-14(16-11-12)17(8-9-18-2)13-5-6-13/h4,7,11,13,15H,3,5-6,8-10H2,1-2H3. The summed E-state index contributed by atoms with van der Waals surface area (Å²) in [6, 6.07) is 4.96. The quantitative estimate of drug-likeness (QED) is 0.762. The molecule has 1 aliphatic carbocycles. The third-order valence-corrected chi connectivity index (χ3v) is 3.21. The van der Waals surface area contributed by atoms with Gasteiger partial charge in [0.2, 0.25) is 0 Å². The average molecular weight is 249 g/mol. The molecule has 1 aromatic heterocycles. The molecule has 100 valence electrons. The van der Waals surface area contributed by atoms with Gasteiger partial charge in [0.05, 0.1) is 6.61 Å². The van der Waals surface area contributed by atoms with Crippen LogP contribution in [-0.2, 0) is 11.3 Å². The molecular weight excluding hydrogens is 226 g/mol. The number of ether oxygens (including phenoxy) is 1. The van der Waals surface area contributed by atoms with Crippen molar-refractivity contribution in [2.75, 3.05) is 31.7 Å². The molecule has 1 fully saturated rings. The molecule has 4 nitrogen and oxygen atoms in total. The van der Waals surface area contributed by atoms with Gasteiger partial charge in [0.1, 0.15) is 5.82 Å². The van der Waals surface area contributed by atoms with E-state index in [-0.39, 0.29) is 0 Å². The fourth-order valence-electron chi connectivity index (χ4n) is 2.02. The largest absolute Gasteiger partial charge is 0.383 e. The van der Waals surface area contributed by atoms with Gasteiger partial charge in [-0.15, -0.1) is 0 Å². The van der Waals surface area contributed by atoms with E-state index in [1.54, 1.807) is 7.11 Å². The maximum absolute atomic E-state index is 5.17. The molecule has 0 radical (unpaired) electrons. The van der Waals surface area contributed by atoms with Crippen LogP contribution in [0.4, 0.5) is 5.82 Å². The first-order valence-electron chi connectivity index (χ1n) is 6.76. The highest BCUT2D eigenvalue weighted by Crippen LogP contribution is 2.30. The minimum Gasteiger partial charge on any atom is -0.383 e. The molecule has 1 heterocycles. The van der Waals surface area contributed by atoms with Gasteiger partial charge in [-0.1, -0.05) is 13.0 Å². The highest BCUT2D eigenvalue weighted by Gasteiger charge is 2.29. The Balaban J connectivity index is 1.96. The first-order chi connectivity index (χ1) is 8.85. The zero-order valence-corrected chi connectivity index (χ0v) is 11.4. The molecule has 0 unspecified atom stereocenters. The monoisotopic (exact) mass is 249 g/mol. The Bertz CT molecular complexity index is 349. The SMILES string of the molecule is CCNCc1ccc(N(CCOC)C2CC2)nc1. The third-order valence-electron chi connectivity index (χ3n) is 3.21. The average Bonchev–Trinajstić information content (AvgIpc) is 3.23. The second-order valence-corrected chi connectivity index (χ2v) is 4.72. The minimum absolute atomic E-state index is 0.673. The number of aromatic nitrogens is 1. The molecule has 0 saturated heterocycles. The molecule has 4 heteroatoms. The highest BCUT2D eigenvalue weighted by atomic mass is 16.5. The predicted octanol–water partition coefficient (Wildman–Crippen LogP) is 1.81. The Kier molecular flexibility index (Phi) is 4.96. The van der Waals surface area contributed by atoms with Crippen molar-refractivity contribution in [1.82, 2.24) is 10.3 Å². The van der Waals surface area contributed by atoms with Crippen LogP contribution in [0, 0.1) is 0 Å². The molecule has 0 amide bonds. The molecule has 0 atom stereocenters. The lowest BCUT2D eigenvalue weighted by molar-refractivity contribution is 0.204. The number of rotatable bonds is 8. The summed E-state index contributed by atoms with van der Waals surface area (Å²) in [6.45, 7) is 5.69. The summed E-state index contributed by atoms with van der Waals surface area (Å²) in [5, 5.41) is 3.31. The fourth-order valence-corrected chi connectivity index (χ4v) is 2.02. The smallest absolute Gasteiger partial charge is 0.128 e. The van der Waals surface area contributed by atoms with Crippen LogP contribution < -0.4 is 10.2 Å². The Morgan fingerprint density at radius 1 is 1.44 bits per heavy atom. The van der Waals surface area contributed by atoms with Crippen LogP contribution in [0.2, 0.25) is 0 Å². The van der Waals surface area contributed by atoms with Gasteiger partial charge >= 0.3 is 0 Å². The molecule has 1 aliphatic rings. The molecule has 18 heavy (non-hydrogen) atoms. The van der Waals surface area contributed by atoms with Crippen LogP contribution >= 0.6 is 0 Å². The van der Waals surface area contributed by atoms with Crippen molar-refractivity contribution in [1.29, 1.82) is 0 Å². The normalized spacial score (nSPS) is 14.8. The van der Waals surface area contributed by atoms with E-state index in [1.165, 1.54) is 18.4 Å². The number of hydrogen-bond donors (Lipinski definition) is 1. The van der Waals surface area contributed by atoms with E-state index in [0.717, 1.165) is 32.1 Å². The van der Waals surface area contributed by atoms with Gasteiger partial charge in [-0.25, -0.2) is 4.98 Å². The lowest BCUT2D eigenvalue weighted by Crippen LogP contribution is -2.30. The maximum atomic E-state index is 5.17. The molecule has 0 spiro atoms. The number of nitrogens with zero attached hydrogens (tertiary/aromatic N) is 2. The van der Waals surface area contributed by atoms with Crippen molar-refractivity contribution in [2.45, 2.75) is 32.4 Å². The Labute approximate surface area is 109 Å². The summed E-state index contributed by atoms with van der Waals surface area (Å²) in [5.74, 6) is 1.08. The fraction of sp³-hybridized carbons (Fsp3) is 0.643.